The van der Waals surface area contributed by atoms with Crippen LogP contribution in [0.5, 0.6) is 0 Å². The molecular formula is C21H19NO4. The number of esters is 2. The van der Waals surface area contributed by atoms with Crippen molar-refractivity contribution in [2.75, 3.05) is 7.11 Å². The summed E-state index contributed by atoms with van der Waals surface area (Å²) in [6.45, 7) is 3.63. The van der Waals surface area contributed by atoms with Crippen LogP contribution in [-0.2, 0) is 16.1 Å². The molecule has 0 atom stereocenters. The number of rotatable bonds is 4. The lowest BCUT2D eigenvalue weighted by Gasteiger charge is -2.13. The predicted molar refractivity (Wildman–Crippen MR) is 98.1 cm³/mol. The van der Waals surface area contributed by atoms with Crippen LogP contribution in [0.2, 0.25) is 0 Å². The van der Waals surface area contributed by atoms with Crippen LogP contribution >= 0.6 is 0 Å². The van der Waals surface area contributed by atoms with E-state index in [0.29, 0.717) is 16.8 Å². The van der Waals surface area contributed by atoms with Gasteiger partial charge in [0, 0.05) is 5.39 Å². The molecule has 3 rings (SSSR count). The molecule has 0 fully saturated rings. The Hall–Kier alpha value is -3.21. The molecule has 0 aliphatic carbocycles. The smallest absolute Gasteiger partial charge is 0.340 e. The Labute approximate surface area is 151 Å². The number of benzene rings is 2. The standard InChI is InChI=1S/C21H19NO4/c1-13-7-6-8-15(11-13)20(23)26-12-18-19(21(24)25-3)14(2)16-9-4-5-10-17(16)22-18/h4-11H,12H2,1-3H3. The lowest BCUT2D eigenvalue weighted by Crippen LogP contribution is -2.14. The average Bonchev–Trinajstić information content (AvgIpc) is 2.65. The molecule has 2 aromatic carbocycles. The van der Waals surface area contributed by atoms with Crippen LogP contribution < -0.4 is 0 Å². The maximum absolute atomic E-state index is 12.3. The summed E-state index contributed by atoms with van der Waals surface area (Å²) >= 11 is 0. The highest BCUT2D eigenvalue weighted by atomic mass is 16.5. The Morgan fingerprint density at radius 3 is 2.50 bits per heavy atom. The number of hydrogen-bond donors (Lipinski definition) is 0. The van der Waals surface area contributed by atoms with Crippen molar-refractivity contribution in [1.82, 2.24) is 4.98 Å². The molecule has 0 saturated heterocycles. The van der Waals surface area contributed by atoms with Crippen molar-refractivity contribution in [2.24, 2.45) is 0 Å². The molecule has 0 unspecified atom stereocenters. The zero-order chi connectivity index (χ0) is 18.7. The predicted octanol–water partition coefficient (Wildman–Crippen LogP) is 4.00. The maximum atomic E-state index is 12.3. The fraction of sp³-hybridized carbons (Fsp3) is 0.190. The summed E-state index contributed by atoms with van der Waals surface area (Å²) in [4.78, 5) is 29.1. The number of pyridine rings is 1. The molecule has 26 heavy (non-hydrogen) atoms. The second-order valence-electron chi connectivity index (χ2n) is 6.01. The van der Waals surface area contributed by atoms with Crippen molar-refractivity contribution in [3.8, 4) is 0 Å². The van der Waals surface area contributed by atoms with Crippen molar-refractivity contribution < 1.29 is 19.1 Å². The zero-order valence-corrected chi connectivity index (χ0v) is 14.9. The first kappa shape index (κ1) is 17.6. The molecule has 5 nitrogen and oxygen atoms in total. The van der Waals surface area contributed by atoms with Crippen LogP contribution in [0, 0.1) is 13.8 Å². The Balaban J connectivity index is 1.96. The Bertz CT molecular complexity index is 994. The highest BCUT2D eigenvalue weighted by Crippen LogP contribution is 2.24. The number of para-hydroxylation sites is 1. The first-order valence-corrected chi connectivity index (χ1v) is 8.21. The van der Waals surface area contributed by atoms with Gasteiger partial charge >= 0.3 is 11.9 Å². The Morgan fingerprint density at radius 2 is 1.77 bits per heavy atom. The molecule has 0 amide bonds. The van der Waals surface area contributed by atoms with E-state index >= 15 is 0 Å². The number of hydrogen-bond acceptors (Lipinski definition) is 5. The first-order valence-electron chi connectivity index (χ1n) is 8.21. The molecule has 0 N–H and O–H groups in total. The number of aromatic nitrogens is 1. The molecule has 0 aliphatic rings. The monoisotopic (exact) mass is 349 g/mol. The average molecular weight is 349 g/mol. The van der Waals surface area contributed by atoms with Crippen molar-refractivity contribution in [1.29, 1.82) is 0 Å². The molecule has 3 aromatic rings. The van der Waals surface area contributed by atoms with Crippen molar-refractivity contribution in [3.05, 3.63) is 76.5 Å². The van der Waals surface area contributed by atoms with Gasteiger partial charge in [0.15, 0.2) is 0 Å². The molecule has 1 heterocycles. The largest absolute Gasteiger partial charge is 0.465 e. The van der Waals surface area contributed by atoms with Crippen molar-refractivity contribution in [3.63, 3.8) is 0 Å². The topological polar surface area (TPSA) is 65.5 Å². The van der Waals surface area contributed by atoms with E-state index in [1.807, 2.05) is 44.2 Å². The van der Waals surface area contributed by atoms with Gasteiger partial charge in [-0.3, -0.25) is 0 Å². The third-order valence-corrected chi connectivity index (χ3v) is 4.21. The summed E-state index contributed by atoms with van der Waals surface area (Å²) in [6.07, 6.45) is 0. The van der Waals surface area contributed by atoms with Crippen LogP contribution in [-0.4, -0.2) is 24.0 Å². The van der Waals surface area contributed by atoms with E-state index in [9.17, 15) is 9.59 Å². The molecular weight excluding hydrogens is 330 g/mol. The van der Waals surface area contributed by atoms with Gasteiger partial charge in [-0.2, -0.15) is 0 Å². The van der Waals surface area contributed by atoms with Gasteiger partial charge in [-0.25, -0.2) is 14.6 Å². The van der Waals surface area contributed by atoms with Gasteiger partial charge in [0.1, 0.15) is 6.61 Å². The van der Waals surface area contributed by atoms with E-state index in [1.54, 1.807) is 18.2 Å². The minimum absolute atomic E-state index is 0.108. The second-order valence-corrected chi connectivity index (χ2v) is 6.01. The number of methoxy groups -OCH3 is 1. The van der Waals surface area contributed by atoms with Gasteiger partial charge in [0.25, 0.3) is 0 Å². The van der Waals surface area contributed by atoms with Gasteiger partial charge in [-0.05, 0) is 37.6 Å². The van der Waals surface area contributed by atoms with Crippen molar-refractivity contribution >= 4 is 22.8 Å². The fourth-order valence-electron chi connectivity index (χ4n) is 2.91. The number of carbonyl (C=O) groups excluding carboxylic acids is 2. The zero-order valence-electron chi connectivity index (χ0n) is 14.9. The lowest BCUT2D eigenvalue weighted by atomic mass is 10.0. The molecule has 1 aromatic heterocycles. The van der Waals surface area contributed by atoms with E-state index in [1.165, 1.54) is 7.11 Å². The second kappa shape index (κ2) is 7.35. The summed E-state index contributed by atoms with van der Waals surface area (Å²) in [5.41, 5.74) is 3.64. The Morgan fingerprint density at radius 1 is 1.00 bits per heavy atom. The lowest BCUT2D eigenvalue weighted by molar-refractivity contribution is 0.0455. The minimum Gasteiger partial charge on any atom is -0.465 e. The molecule has 0 bridgehead atoms. The van der Waals surface area contributed by atoms with Crippen molar-refractivity contribution in [2.45, 2.75) is 20.5 Å². The van der Waals surface area contributed by atoms with Crippen LogP contribution in [0.25, 0.3) is 10.9 Å². The summed E-state index contributed by atoms with van der Waals surface area (Å²) in [5.74, 6) is -0.959. The summed E-state index contributed by atoms with van der Waals surface area (Å²) < 4.78 is 10.3. The maximum Gasteiger partial charge on any atom is 0.340 e. The third-order valence-electron chi connectivity index (χ3n) is 4.21. The number of aryl methyl sites for hydroxylation is 2. The Kier molecular flexibility index (Phi) is 4.98. The number of ether oxygens (including phenoxy) is 2. The highest BCUT2D eigenvalue weighted by Gasteiger charge is 2.20. The van der Waals surface area contributed by atoms with Crippen LogP contribution in [0.15, 0.2) is 48.5 Å². The molecule has 0 radical (unpaired) electrons. The molecule has 132 valence electrons. The number of nitrogens with zero attached hydrogens (tertiary/aromatic N) is 1. The van der Waals surface area contributed by atoms with E-state index in [0.717, 1.165) is 22.0 Å². The van der Waals surface area contributed by atoms with E-state index in [2.05, 4.69) is 4.98 Å². The van der Waals surface area contributed by atoms with Crippen LogP contribution in [0.4, 0.5) is 0 Å². The van der Waals surface area contributed by atoms with Crippen LogP contribution in [0.1, 0.15) is 37.5 Å². The van der Waals surface area contributed by atoms with Crippen LogP contribution in [0.3, 0.4) is 0 Å². The SMILES string of the molecule is COC(=O)c1c(COC(=O)c2cccc(C)c2)nc2ccccc2c1C. The van der Waals surface area contributed by atoms with E-state index in [4.69, 9.17) is 9.47 Å². The fourth-order valence-corrected chi connectivity index (χ4v) is 2.91. The van der Waals surface area contributed by atoms with Gasteiger partial charge in [0.05, 0.1) is 29.4 Å². The summed E-state index contributed by atoms with van der Waals surface area (Å²) in [5, 5.41) is 0.863. The molecule has 0 spiro atoms. The minimum atomic E-state index is -0.498. The molecule has 0 saturated carbocycles. The first-order chi connectivity index (χ1) is 12.5. The summed E-state index contributed by atoms with van der Waals surface area (Å²) in [7, 11) is 1.32. The van der Waals surface area contributed by atoms with Gasteiger partial charge < -0.3 is 9.47 Å². The third kappa shape index (κ3) is 3.42. The van der Waals surface area contributed by atoms with Gasteiger partial charge in [-0.1, -0.05) is 35.9 Å². The number of fused-ring (bicyclic) bond motifs is 1. The van der Waals surface area contributed by atoms with E-state index in [-0.39, 0.29) is 6.61 Å². The van der Waals surface area contributed by atoms with Gasteiger partial charge in [-0.15, -0.1) is 0 Å². The highest BCUT2D eigenvalue weighted by molar-refractivity contribution is 5.98. The quantitative estimate of drug-likeness (QED) is 0.666. The van der Waals surface area contributed by atoms with Gasteiger partial charge in [0.2, 0.25) is 0 Å². The molecule has 0 aliphatic heterocycles. The van der Waals surface area contributed by atoms with E-state index < -0.39 is 11.9 Å². The normalized spacial score (nSPS) is 10.6. The molecule has 5 heteroatoms. The summed E-state index contributed by atoms with van der Waals surface area (Å²) in [6, 6.07) is 14.6. The number of carbonyl (C=O) groups is 2.